The Bertz CT molecular complexity index is 867. The van der Waals surface area contributed by atoms with Crippen molar-refractivity contribution >= 4 is 26.9 Å². The van der Waals surface area contributed by atoms with Gasteiger partial charge in [-0.2, -0.15) is 5.10 Å². The second-order valence-electron chi connectivity index (χ2n) is 6.40. The number of benzene rings is 1. The van der Waals surface area contributed by atoms with Crippen LogP contribution in [0, 0.1) is 6.92 Å². The average molecular weight is 359 g/mol. The van der Waals surface area contributed by atoms with Crippen LogP contribution in [0.1, 0.15) is 48.0 Å². The lowest BCUT2D eigenvalue weighted by molar-refractivity contribution is 0.102. The third-order valence-corrected chi connectivity index (χ3v) is 3.95. The molecule has 4 nitrogen and oxygen atoms in total. The van der Waals surface area contributed by atoms with Crippen molar-refractivity contribution in [3.05, 3.63) is 58.1 Å². The topological polar surface area (TPSA) is 46.9 Å². The molecule has 0 aliphatic heterocycles. The van der Waals surface area contributed by atoms with Crippen molar-refractivity contribution in [1.29, 1.82) is 0 Å². The first kappa shape index (κ1) is 19.1. The highest BCUT2D eigenvalue weighted by Crippen LogP contribution is 2.34. The van der Waals surface area contributed by atoms with Crippen LogP contribution in [-0.4, -0.2) is 15.7 Å². The summed E-state index contributed by atoms with van der Waals surface area (Å²) in [4.78, 5) is 12.7. The number of carbonyl (C=O) groups excluding carboxylic acids is 1. The fourth-order valence-corrected chi connectivity index (χ4v) is 2.59. The van der Waals surface area contributed by atoms with E-state index in [2.05, 4.69) is 25.4 Å². The highest BCUT2D eigenvalue weighted by atomic mass is 31.0. The summed E-state index contributed by atoms with van der Waals surface area (Å²) < 4.78 is 15.7. The second-order valence-corrected chi connectivity index (χ2v) is 7.49. The lowest BCUT2D eigenvalue weighted by Gasteiger charge is -2.14. The van der Waals surface area contributed by atoms with Crippen molar-refractivity contribution in [2.75, 3.05) is 5.32 Å². The van der Waals surface area contributed by atoms with Crippen LogP contribution in [0.15, 0.2) is 35.7 Å². The standard InChI is InChI=1S/C19H23FN3OP/c1-12(2)9-10-14-7-6-8-16(13(14)3)21-18(24)15-11-23(5)22-17(15)19(4,20)25/h6-8,10-11H,25H2,1-5H3,(H,21,24). The Morgan fingerprint density at radius 1 is 1.44 bits per heavy atom. The van der Waals surface area contributed by atoms with Crippen molar-refractivity contribution in [1.82, 2.24) is 9.78 Å². The molecule has 0 saturated heterocycles. The zero-order valence-electron chi connectivity index (χ0n) is 15.1. The molecule has 2 unspecified atom stereocenters. The van der Waals surface area contributed by atoms with E-state index >= 15 is 0 Å². The zero-order chi connectivity index (χ0) is 18.8. The molecule has 1 heterocycles. The maximum atomic E-state index is 14.3. The van der Waals surface area contributed by atoms with Gasteiger partial charge in [0, 0.05) is 18.9 Å². The van der Waals surface area contributed by atoms with E-state index in [1.54, 1.807) is 7.05 Å². The van der Waals surface area contributed by atoms with Gasteiger partial charge in [0.2, 0.25) is 0 Å². The second kappa shape index (κ2) is 7.35. The van der Waals surface area contributed by atoms with Crippen LogP contribution >= 0.6 is 9.24 Å². The first-order chi connectivity index (χ1) is 11.6. The van der Waals surface area contributed by atoms with Gasteiger partial charge in [-0.3, -0.25) is 9.48 Å². The van der Waals surface area contributed by atoms with Gasteiger partial charge in [-0.05, 0) is 56.5 Å². The molecule has 1 aromatic heterocycles. The van der Waals surface area contributed by atoms with E-state index < -0.39 is 5.41 Å². The van der Waals surface area contributed by atoms with Gasteiger partial charge < -0.3 is 5.32 Å². The number of anilines is 1. The predicted molar refractivity (Wildman–Crippen MR) is 103 cm³/mol. The Labute approximate surface area is 150 Å². The number of hydrogen-bond acceptors (Lipinski definition) is 2. The number of hydrogen-bond donors (Lipinski definition) is 1. The molecule has 25 heavy (non-hydrogen) atoms. The van der Waals surface area contributed by atoms with Gasteiger partial charge in [0.05, 0.1) is 5.56 Å². The van der Waals surface area contributed by atoms with Crippen molar-refractivity contribution in [2.24, 2.45) is 7.05 Å². The number of halogens is 1. The third-order valence-electron chi connectivity index (χ3n) is 3.68. The van der Waals surface area contributed by atoms with E-state index in [1.807, 2.05) is 45.0 Å². The Morgan fingerprint density at radius 2 is 2.12 bits per heavy atom. The molecule has 0 spiro atoms. The van der Waals surface area contributed by atoms with Crippen LogP contribution < -0.4 is 5.32 Å². The molecule has 2 aromatic rings. The van der Waals surface area contributed by atoms with Gasteiger partial charge in [0.1, 0.15) is 5.69 Å². The first-order valence-corrected chi connectivity index (χ1v) is 8.50. The minimum atomic E-state index is -1.78. The van der Waals surface area contributed by atoms with Crippen LogP contribution in [0.2, 0.25) is 0 Å². The summed E-state index contributed by atoms with van der Waals surface area (Å²) in [7, 11) is 3.73. The largest absolute Gasteiger partial charge is 0.322 e. The van der Waals surface area contributed by atoms with Gasteiger partial charge in [0.25, 0.3) is 5.91 Å². The van der Waals surface area contributed by atoms with Gasteiger partial charge in [-0.25, -0.2) is 4.39 Å². The highest BCUT2D eigenvalue weighted by molar-refractivity contribution is 7.18. The molecule has 0 fully saturated rings. The molecule has 132 valence electrons. The molecule has 0 aliphatic rings. The Balaban J connectivity index is 2.37. The smallest absolute Gasteiger partial charge is 0.259 e. The molecular weight excluding hydrogens is 336 g/mol. The van der Waals surface area contributed by atoms with Crippen molar-refractivity contribution in [3.63, 3.8) is 0 Å². The predicted octanol–water partition coefficient (Wildman–Crippen LogP) is 4.58. The Kier molecular flexibility index (Phi) is 5.62. The van der Waals surface area contributed by atoms with Crippen LogP contribution in [0.25, 0.3) is 6.08 Å². The number of aromatic nitrogens is 2. The normalized spacial score (nSPS) is 12.9. The van der Waals surface area contributed by atoms with Crippen LogP contribution in [0.5, 0.6) is 0 Å². The highest BCUT2D eigenvalue weighted by Gasteiger charge is 2.29. The van der Waals surface area contributed by atoms with Crippen molar-refractivity contribution in [2.45, 2.75) is 33.1 Å². The van der Waals surface area contributed by atoms with E-state index in [9.17, 15) is 9.18 Å². The fraction of sp³-hybridized carbons (Fsp3) is 0.316. The monoisotopic (exact) mass is 359 g/mol. The summed E-state index contributed by atoms with van der Waals surface area (Å²) in [5.41, 5.74) is 7.09. The number of nitrogens with zero attached hydrogens (tertiary/aromatic N) is 2. The molecule has 2 atom stereocenters. The quantitative estimate of drug-likeness (QED) is 0.642. The van der Waals surface area contributed by atoms with Crippen molar-refractivity contribution < 1.29 is 9.18 Å². The summed E-state index contributed by atoms with van der Waals surface area (Å²) in [5, 5.41) is 5.15. The van der Waals surface area contributed by atoms with Gasteiger partial charge >= 0.3 is 0 Å². The number of aryl methyl sites for hydroxylation is 1. The van der Waals surface area contributed by atoms with E-state index in [4.69, 9.17) is 0 Å². The summed E-state index contributed by atoms with van der Waals surface area (Å²) in [6.07, 6.45) is 3.41. The first-order valence-electron chi connectivity index (χ1n) is 7.92. The number of alkyl halides is 1. The molecule has 2 rings (SSSR count). The maximum Gasteiger partial charge on any atom is 0.259 e. The number of allylic oxidation sites excluding steroid dienone is 1. The number of amides is 1. The zero-order valence-corrected chi connectivity index (χ0v) is 16.3. The molecule has 1 amide bonds. The number of carbonyl (C=O) groups is 1. The van der Waals surface area contributed by atoms with E-state index in [0.29, 0.717) is 5.69 Å². The third kappa shape index (κ3) is 4.66. The van der Waals surface area contributed by atoms with Crippen molar-refractivity contribution in [3.8, 4) is 0 Å². The van der Waals surface area contributed by atoms with Crippen LogP contribution in [0.3, 0.4) is 0 Å². The fourth-order valence-electron chi connectivity index (χ4n) is 2.37. The molecule has 1 N–H and O–H groups in total. The van der Waals surface area contributed by atoms with Gasteiger partial charge in [0.15, 0.2) is 5.41 Å². The molecule has 0 saturated carbocycles. The molecule has 0 aliphatic carbocycles. The summed E-state index contributed by atoms with van der Waals surface area (Å²) >= 11 is 0. The Morgan fingerprint density at radius 3 is 2.72 bits per heavy atom. The summed E-state index contributed by atoms with van der Waals surface area (Å²) in [6.45, 7) is 7.22. The van der Waals surface area contributed by atoms with E-state index in [-0.39, 0.29) is 17.2 Å². The number of nitrogens with one attached hydrogen (secondary N) is 1. The number of rotatable bonds is 4. The lowest BCUT2D eigenvalue weighted by Crippen LogP contribution is -2.18. The van der Waals surface area contributed by atoms with E-state index in [0.717, 1.165) is 16.7 Å². The SMILES string of the molecule is CC(C)=C=Cc1cccc(NC(=O)c2cn(C)nc2C(C)(F)P)c1C. The average Bonchev–Trinajstić information content (AvgIpc) is 2.90. The maximum absolute atomic E-state index is 14.3. The Hall–Kier alpha value is -2.22. The van der Waals surface area contributed by atoms with Crippen LogP contribution in [0.4, 0.5) is 10.1 Å². The van der Waals surface area contributed by atoms with Gasteiger partial charge in [-0.1, -0.05) is 21.4 Å². The molecular formula is C19H23FN3OP. The minimum Gasteiger partial charge on any atom is -0.322 e. The molecule has 0 radical (unpaired) electrons. The minimum absolute atomic E-state index is 0.0933. The summed E-state index contributed by atoms with van der Waals surface area (Å²) in [5.74, 6) is -0.388. The molecule has 0 bridgehead atoms. The molecule has 6 heteroatoms. The summed E-state index contributed by atoms with van der Waals surface area (Å²) in [6, 6.07) is 5.64. The van der Waals surface area contributed by atoms with Gasteiger partial charge in [-0.15, -0.1) is 5.73 Å². The lowest BCUT2D eigenvalue weighted by atomic mass is 10.1. The van der Waals surface area contributed by atoms with Crippen LogP contribution in [-0.2, 0) is 12.5 Å². The molecule has 1 aromatic carbocycles. The van der Waals surface area contributed by atoms with E-state index in [1.165, 1.54) is 17.8 Å².